The van der Waals surface area contributed by atoms with Gasteiger partial charge in [0.1, 0.15) is 0 Å². The van der Waals surface area contributed by atoms with E-state index in [0.29, 0.717) is 5.01 Å². The zero-order valence-corrected chi connectivity index (χ0v) is 8.10. The summed E-state index contributed by atoms with van der Waals surface area (Å²) in [5.41, 5.74) is -0.215. The Labute approximate surface area is 80.9 Å². The predicted molar refractivity (Wildman–Crippen MR) is 44.6 cm³/mol. The molecule has 0 amide bonds. The molecule has 2 rings (SSSR count). The second-order valence-electron chi connectivity index (χ2n) is 4.23. The molecule has 1 aliphatic carbocycles. The second-order valence-corrected chi connectivity index (χ2v) is 4.23. The summed E-state index contributed by atoms with van der Waals surface area (Å²) in [6.45, 7) is 1.88. The normalized spacial score (nSPS) is 31.2. The molecule has 0 aromatic carbocycles. The Kier molecular flexibility index (Phi) is 1.86. The Balaban J connectivity index is 2.21. The first-order valence-corrected chi connectivity index (χ1v) is 4.54. The lowest BCUT2D eigenvalue weighted by molar-refractivity contribution is -0.309. The van der Waals surface area contributed by atoms with Crippen LogP contribution in [0.3, 0.4) is 0 Å². The van der Waals surface area contributed by atoms with Crippen molar-refractivity contribution < 1.29 is 13.2 Å². The van der Waals surface area contributed by atoms with Gasteiger partial charge in [-0.3, -0.25) is 5.01 Å². The molecular formula is C9H12F3N2. The number of hydrazine groups is 1. The van der Waals surface area contributed by atoms with Crippen molar-refractivity contribution in [2.75, 3.05) is 7.05 Å². The van der Waals surface area contributed by atoms with E-state index in [0.717, 1.165) is 17.9 Å². The van der Waals surface area contributed by atoms with Crippen molar-refractivity contribution >= 4 is 0 Å². The zero-order valence-electron chi connectivity index (χ0n) is 8.10. The monoisotopic (exact) mass is 205 g/mol. The van der Waals surface area contributed by atoms with Gasteiger partial charge < -0.3 is 0 Å². The lowest BCUT2D eigenvalue weighted by Crippen LogP contribution is -2.51. The van der Waals surface area contributed by atoms with E-state index in [4.69, 9.17) is 0 Å². The van der Waals surface area contributed by atoms with Gasteiger partial charge in [-0.15, -0.1) is 5.01 Å². The summed E-state index contributed by atoms with van der Waals surface area (Å²) in [7, 11) is 1.37. The molecule has 0 bridgehead atoms. The van der Waals surface area contributed by atoms with Crippen LogP contribution < -0.4 is 0 Å². The first-order valence-electron chi connectivity index (χ1n) is 4.54. The lowest BCUT2D eigenvalue weighted by atomic mass is 9.99. The Morgan fingerprint density at radius 2 is 2.00 bits per heavy atom. The number of hydrogen-bond donors (Lipinski definition) is 0. The minimum Gasteiger partial charge on any atom is -0.299 e. The Hall–Kier alpha value is -0.710. The Morgan fingerprint density at radius 3 is 2.43 bits per heavy atom. The maximum atomic E-state index is 12.6. The standard InChI is InChI=1S/C9H12F3N2/c1-8(4-5-8)7-3-6-13(2)14(7)9(10,11)12/h3,7H,4-5H2,1-2H3. The number of halogens is 3. The maximum Gasteiger partial charge on any atom is 0.478 e. The van der Waals surface area contributed by atoms with Gasteiger partial charge in [0.25, 0.3) is 0 Å². The molecule has 0 aromatic rings. The summed E-state index contributed by atoms with van der Waals surface area (Å²) >= 11 is 0. The highest BCUT2D eigenvalue weighted by Crippen LogP contribution is 2.53. The zero-order chi connectivity index (χ0) is 10.6. The van der Waals surface area contributed by atoms with E-state index < -0.39 is 12.3 Å². The van der Waals surface area contributed by atoms with Crippen LogP contribution in [0.5, 0.6) is 0 Å². The average Bonchev–Trinajstić information content (AvgIpc) is 2.60. The Bertz CT molecular complexity index is 268. The molecule has 2 nitrogen and oxygen atoms in total. The van der Waals surface area contributed by atoms with Crippen LogP contribution in [0.15, 0.2) is 6.08 Å². The van der Waals surface area contributed by atoms with Crippen LogP contribution >= 0.6 is 0 Å². The number of nitrogens with zero attached hydrogens (tertiary/aromatic N) is 2. The highest BCUT2D eigenvalue weighted by molar-refractivity contribution is 5.10. The molecule has 0 N–H and O–H groups in total. The molecule has 1 heterocycles. The smallest absolute Gasteiger partial charge is 0.299 e. The molecule has 1 saturated carbocycles. The average molecular weight is 205 g/mol. The fourth-order valence-corrected chi connectivity index (χ4v) is 1.82. The van der Waals surface area contributed by atoms with Crippen LogP contribution in [0.25, 0.3) is 0 Å². The summed E-state index contributed by atoms with van der Waals surface area (Å²) in [6, 6.07) is -0.576. The third-order valence-corrected chi connectivity index (χ3v) is 3.02. The molecule has 1 aliphatic heterocycles. The maximum absolute atomic E-state index is 12.6. The largest absolute Gasteiger partial charge is 0.478 e. The van der Waals surface area contributed by atoms with E-state index in [1.165, 1.54) is 13.1 Å². The minimum absolute atomic E-state index is 0.215. The van der Waals surface area contributed by atoms with Crippen LogP contribution in [-0.4, -0.2) is 29.4 Å². The fraction of sp³-hybridized carbons (Fsp3) is 0.778. The van der Waals surface area contributed by atoms with E-state index in [9.17, 15) is 13.2 Å². The first kappa shape index (κ1) is 9.83. The number of hydrogen-bond acceptors (Lipinski definition) is 2. The van der Waals surface area contributed by atoms with Crippen molar-refractivity contribution in [1.29, 1.82) is 0 Å². The molecular weight excluding hydrogens is 193 g/mol. The van der Waals surface area contributed by atoms with E-state index >= 15 is 0 Å². The first-order chi connectivity index (χ1) is 6.34. The van der Waals surface area contributed by atoms with Crippen molar-refractivity contribution in [2.24, 2.45) is 5.41 Å². The number of alkyl halides is 3. The Morgan fingerprint density at radius 1 is 1.43 bits per heavy atom. The molecule has 1 atom stereocenters. The molecule has 14 heavy (non-hydrogen) atoms. The van der Waals surface area contributed by atoms with Crippen molar-refractivity contribution in [2.45, 2.75) is 32.1 Å². The summed E-state index contributed by atoms with van der Waals surface area (Å²) < 4.78 is 37.9. The lowest BCUT2D eigenvalue weighted by Gasteiger charge is -2.34. The molecule has 0 spiro atoms. The molecule has 1 fully saturated rings. The van der Waals surface area contributed by atoms with Crippen molar-refractivity contribution in [3.63, 3.8) is 0 Å². The van der Waals surface area contributed by atoms with Crippen LogP contribution in [0.2, 0.25) is 0 Å². The molecule has 79 valence electrons. The summed E-state index contributed by atoms with van der Waals surface area (Å²) in [4.78, 5) is 0. The van der Waals surface area contributed by atoms with Gasteiger partial charge in [0.15, 0.2) is 0 Å². The van der Waals surface area contributed by atoms with Gasteiger partial charge in [-0.2, -0.15) is 13.2 Å². The van der Waals surface area contributed by atoms with Gasteiger partial charge >= 0.3 is 6.30 Å². The summed E-state index contributed by atoms with van der Waals surface area (Å²) in [5.74, 6) is 0. The molecule has 2 aliphatic rings. The minimum atomic E-state index is -4.31. The molecule has 0 saturated heterocycles. The molecule has 5 heteroatoms. The van der Waals surface area contributed by atoms with E-state index in [-0.39, 0.29) is 5.41 Å². The van der Waals surface area contributed by atoms with Gasteiger partial charge in [-0.25, -0.2) is 0 Å². The van der Waals surface area contributed by atoms with Crippen molar-refractivity contribution in [3.8, 4) is 0 Å². The summed E-state index contributed by atoms with van der Waals surface area (Å²) in [6.07, 6.45) is 1.50. The van der Waals surface area contributed by atoms with Gasteiger partial charge in [0.2, 0.25) is 0 Å². The predicted octanol–water partition coefficient (Wildman–Crippen LogP) is 2.15. The van der Waals surface area contributed by atoms with Crippen LogP contribution in [0, 0.1) is 11.6 Å². The second kappa shape index (κ2) is 2.66. The highest BCUT2D eigenvalue weighted by Gasteiger charge is 2.56. The molecule has 1 unspecified atom stereocenters. The third-order valence-electron chi connectivity index (χ3n) is 3.02. The SMILES string of the molecule is CN1[C]=CC(C2(C)CC2)N1C(F)(F)F. The third kappa shape index (κ3) is 1.39. The fourth-order valence-electron chi connectivity index (χ4n) is 1.82. The van der Waals surface area contributed by atoms with Crippen molar-refractivity contribution in [3.05, 3.63) is 12.3 Å². The molecule has 0 aromatic heterocycles. The number of rotatable bonds is 1. The molecule has 1 radical (unpaired) electrons. The highest BCUT2D eigenvalue weighted by atomic mass is 19.4. The van der Waals surface area contributed by atoms with Crippen LogP contribution in [0.1, 0.15) is 19.8 Å². The van der Waals surface area contributed by atoms with Gasteiger partial charge in [0.05, 0.1) is 12.2 Å². The van der Waals surface area contributed by atoms with Crippen LogP contribution in [0.4, 0.5) is 13.2 Å². The van der Waals surface area contributed by atoms with Gasteiger partial charge in [-0.1, -0.05) is 6.92 Å². The van der Waals surface area contributed by atoms with E-state index in [1.807, 2.05) is 6.92 Å². The quantitative estimate of drug-likeness (QED) is 0.605. The topological polar surface area (TPSA) is 6.48 Å². The van der Waals surface area contributed by atoms with E-state index in [1.54, 1.807) is 0 Å². The van der Waals surface area contributed by atoms with Crippen LogP contribution in [-0.2, 0) is 0 Å². The van der Waals surface area contributed by atoms with Gasteiger partial charge in [-0.05, 0) is 24.3 Å². The van der Waals surface area contributed by atoms with E-state index in [2.05, 4.69) is 6.20 Å². The summed E-state index contributed by atoms with van der Waals surface area (Å²) in [5, 5.41) is 1.44. The van der Waals surface area contributed by atoms with Gasteiger partial charge in [0, 0.05) is 7.05 Å². The van der Waals surface area contributed by atoms with Crippen molar-refractivity contribution in [1.82, 2.24) is 10.0 Å².